The molecule has 0 spiro atoms. The predicted octanol–water partition coefficient (Wildman–Crippen LogP) is 2.43. The summed E-state index contributed by atoms with van der Waals surface area (Å²) >= 11 is 1.79. The number of rotatable bonds is 6. The van der Waals surface area contributed by atoms with Crippen molar-refractivity contribution in [3.63, 3.8) is 0 Å². The Morgan fingerprint density at radius 1 is 1.50 bits per heavy atom. The molecule has 1 aromatic heterocycles. The first-order chi connectivity index (χ1) is 6.68. The van der Waals surface area contributed by atoms with Crippen LogP contribution >= 0.6 is 11.3 Å². The summed E-state index contributed by atoms with van der Waals surface area (Å²) in [7, 11) is 0. The van der Waals surface area contributed by atoms with Gasteiger partial charge in [-0.05, 0) is 38.1 Å². The van der Waals surface area contributed by atoms with Crippen molar-refractivity contribution in [2.45, 2.75) is 38.8 Å². The normalized spacial score (nSPS) is 13.4. The Bertz CT molecular complexity index is 233. The van der Waals surface area contributed by atoms with Gasteiger partial charge in [0.15, 0.2) is 0 Å². The van der Waals surface area contributed by atoms with Crippen LogP contribution < -0.4 is 5.73 Å². The summed E-state index contributed by atoms with van der Waals surface area (Å²) in [6, 6.07) is 4.40. The molecule has 2 nitrogen and oxygen atoms in total. The molecule has 0 bridgehead atoms. The highest BCUT2D eigenvalue weighted by atomic mass is 32.1. The molecule has 1 unspecified atom stereocenters. The molecular weight excluding hydrogens is 194 g/mol. The van der Waals surface area contributed by atoms with Gasteiger partial charge in [-0.15, -0.1) is 11.3 Å². The summed E-state index contributed by atoms with van der Waals surface area (Å²) in [4.78, 5) is 1.41. The van der Waals surface area contributed by atoms with Crippen molar-refractivity contribution in [1.29, 1.82) is 0 Å². The Morgan fingerprint density at radius 3 is 2.86 bits per heavy atom. The molecule has 0 aliphatic rings. The van der Waals surface area contributed by atoms with Gasteiger partial charge in [0, 0.05) is 10.9 Å². The number of hydrogen-bond donors (Lipinski definition) is 1. The molecule has 1 aromatic rings. The molecule has 1 heterocycles. The van der Waals surface area contributed by atoms with Crippen LogP contribution in [0.4, 0.5) is 0 Å². The maximum Gasteiger partial charge on any atom is 0.0621 e. The van der Waals surface area contributed by atoms with E-state index in [-0.39, 0.29) is 12.1 Å². The smallest absolute Gasteiger partial charge is 0.0621 e. The van der Waals surface area contributed by atoms with Gasteiger partial charge < -0.3 is 10.5 Å². The SMILES string of the molecule is CC(C)OCC(N)CCc1cccs1. The minimum atomic E-state index is 0.166. The summed E-state index contributed by atoms with van der Waals surface area (Å²) in [5.41, 5.74) is 5.92. The van der Waals surface area contributed by atoms with Gasteiger partial charge in [-0.1, -0.05) is 6.07 Å². The van der Waals surface area contributed by atoms with E-state index in [1.165, 1.54) is 4.88 Å². The minimum absolute atomic E-state index is 0.166. The highest BCUT2D eigenvalue weighted by molar-refractivity contribution is 7.09. The summed E-state index contributed by atoms with van der Waals surface area (Å²) in [6.45, 7) is 4.74. The molecule has 1 rings (SSSR count). The van der Waals surface area contributed by atoms with E-state index in [0.717, 1.165) is 12.8 Å². The number of hydrogen-bond acceptors (Lipinski definition) is 3. The molecule has 80 valence electrons. The van der Waals surface area contributed by atoms with E-state index in [1.54, 1.807) is 11.3 Å². The monoisotopic (exact) mass is 213 g/mol. The lowest BCUT2D eigenvalue weighted by Crippen LogP contribution is -2.28. The van der Waals surface area contributed by atoms with Gasteiger partial charge in [-0.3, -0.25) is 0 Å². The molecule has 3 heteroatoms. The summed E-state index contributed by atoms with van der Waals surface area (Å²) in [5.74, 6) is 0. The maximum atomic E-state index is 5.92. The van der Waals surface area contributed by atoms with E-state index in [9.17, 15) is 0 Å². The zero-order chi connectivity index (χ0) is 10.4. The highest BCUT2D eigenvalue weighted by Gasteiger charge is 2.04. The Hall–Kier alpha value is -0.380. The lowest BCUT2D eigenvalue weighted by Gasteiger charge is -2.13. The van der Waals surface area contributed by atoms with Crippen LogP contribution in [0.15, 0.2) is 17.5 Å². The van der Waals surface area contributed by atoms with Crippen LogP contribution in [0, 0.1) is 0 Å². The van der Waals surface area contributed by atoms with Crippen molar-refractivity contribution in [2.24, 2.45) is 5.73 Å². The van der Waals surface area contributed by atoms with E-state index in [1.807, 2.05) is 13.8 Å². The maximum absolute atomic E-state index is 5.92. The van der Waals surface area contributed by atoms with Crippen molar-refractivity contribution in [3.05, 3.63) is 22.4 Å². The Morgan fingerprint density at radius 2 is 2.29 bits per heavy atom. The third-order valence-electron chi connectivity index (χ3n) is 1.99. The predicted molar refractivity (Wildman–Crippen MR) is 61.7 cm³/mol. The van der Waals surface area contributed by atoms with Gasteiger partial charge in [0.1, 0.15) is 0 Å². The van der Waals surface area contributed by atoms with Gasteiger partial charge in [-0.25, -0.2) is 0 Å². The molecule has 0 fully saturated rings. The first-order valence-electron chi connectivity index (χ1n) is 5.08. The van der Waals surface area contributed by atoms with Gasteiger partial charge in [0.05, 0.1) is 12.7 Å². The Kier molecular flexibility index (Phi) is 5.15. The van der Waals surface area contributed by atoms with Crippen molar-refractivity contribution in [3.8, 4) is 0 Å². The first kappa shape index (κ1) is 11.7. The van der Waals surface area contributed by atoms with Crippen LogP contribution in [0.25, 0.3) is 0 Å². The number of ether oxygens (including phenoxy) is 1. The van der Waals surface area contributed by atoms with E-state index in [0.29, 0.717) is 6.61 Å². The molecule has 2 N–H and O–H groups in total. The zero-order valence-corrected chi connectivity index (χ0v) is 9.72. The number of thiophene rings is 1. The second-order valence-corrected chi connectivity index (χ2v) is 4.79. The molecule has 0 amide bonds. The van der Waals surface area contributed by atoms with Crippen LogP contribution in [-0.2, 0) is 11.2 Å². The van der Waals surface area contributed by atoms with Crippen molar-refractivity contribution >= 4 is 11.3 Å². The fourth-order valence-corrected chi connectivity index (χ4v) is 1.91. The van der Waals surface area contributed by atoms with Gasteiger partial charge in [0.2, 0.25) is 0 Å². The van der Waals surface area contributed by atoms with Crippen molar-refractivity contribution in [1.82, 2.24) is 0 Å². The third kappa shape index (κ3) is 4.74. The molecule has 0 radical (unpaired) electrons. The molecule has 0 aliphatic carbocycles. The van der Waals surface area contributed by atoms with Crippen LogP contribution in [0.5, 0.6) is 0 Å². The Balaban J connectivity index is 2.12. The minimum Gasteiger partial charge on any atom is -0.377 e. The van der Waals surface area contributed by atoms with Gasteiger partial charge >= 0.3 is 0 Å². The molecule has 0 aliphatic heterocycles. The molecule has 1 atom stereocenters. The third-order valence-corrected chi connectivity index (χ3v) is 2.92. The number of nitrogens with two attached hydrogens (primary N) is 1. The lowest BCUT2D eigenvalue weighted by molar-refractivity contribution is 0.0670. The van der Waals surface area contributed by atoms with Gasteiger partial charge in [0.25, 0.3) is 0 Å². The topological polar surface area (TPSA) is 35.2 Å². The van der Waals surface area contributed by atoms with Crippen LogP contribution in [-0.4, -0.2) is 18.8 Å². The average molecular weight is 213 g/mol. The van der Waals surface area contributed by atoms with Gasteiger partial charge in [-0.2, -0.15) is 0 Å². The van der Waals surface area contributed by atoms with E-state index < -0.39 is 0 Å². The first-order valence-corrected chi connectivity index (χ1v) is 5.96. The van der Waals surface area contributed by atoms with Crippen LogP contribution in [0.1, 0.15) is 25.1 Å². The van der Waals surface area contributed by atoms with Crippen LogP contribution in [0.2, 0.25) is 0 Å². The van der Waals surface area contributed by atoms with E-state index >= 15 is 0 Å². The zero-order valence-electron chi connectivity index (χ0n) is 8.90. The molecule has 0 aromatic carbocycles. The molecular formula is C11H19NOS. The average Bonchev–Trinajstić information content (AvgIpc) is 2.63. The quantitative estimate of drug-likeness (QED) is 0.787. The molecule has 0 saturated carbocycles. The fraction of sp³-hybridized carbons (Fsp3) is 0.636. The second-order valence-electron chi connectivity index (χ2n) is 3.76. The van der Waals surface area contributed by atoms with E-state index in [4.69, 9.17) is 10.5 Å². The Labute approximate surface area is 90.1 Å². The number of aryl methyl sites for hydroxylation is 1. The summed E-state index contributed by atoms with van der Waals surface area (Å²) in [5, 5.41) is 2.10. The fourth-order valence-electron chi connectivity index (χ4n) is 1.18. The highest BCUT2D eigenvalue weighted by Crippen LogP contribution is 2.11. The summed E-state index contributed by atoms with van der Waals surface area (Å²) in [6.07, 6.45) is 2.36. The van der Waals surface area contributed by atoms with E-state index in [2.05, 4.69) is 17.5 Å². The lowest BCUT2D eigenvalue weighted by atomic mass is 10.1. The van der Waals surface area contributed by atoms with Crippen LogP contribution in [0.3, 0.4) is 0 Å². The van der Waals surface area contributed by atoms with Crippen molar-refractivity contribution < 1.29 is 4.74 Å². The summed E-state index contributed by atoms with van der Waals surface area (Å²) < 4.78 is 5.45. The van der Waals surface area contributed by atoms with Crippen molar-refractivity contribution in [2.75, 3.05) is 6.61 Å². The largest absolute Gasteiger partial charge is 0.377 e. The standard InChI is InChI=1S/C11H19NOS/c1-9(2)13-8-10(12)5-6-11-4-3-7-14-11/h3-4,7,9-10H,5-6,8,12H2,1-2H3. The second kappa shape index (κ2) is 6.17. The molecule has 0 saturated heterocycles. The molecule has 14 heavy (non-hydrogen) atoms.